The fourth-order valence-electron chi connectivity index (χ4n) is 1.02. The predicted molar refractivity (Wildman–Crippen MR) is 57.4 cm³/mol. The van der Waals surface area contributed by atoms with Crippen LogP contribution < -0.4 is 0 Å². The largest absolute Gasteiger partial charge is 0.379 e. The molecule has 0 saturated heterocycles. The molecule has 0 aliphatic carbocycles. The van der Waals surface area contributed by atoms with Gasteiger partial charge in [0.1, 0.15) is 11.9 Å². The van der Waals surface area contributed by atoms with Crippen LogP contribution in [0.4, 0.5) is 0 Å². The van der Waals surface area contributed by atoms with Crippen molar-refractivity contribution in [3.05, 3.63) is 10.1 Å². The standard InChI is InChI=1S/C10H19NO5/c1-4-9(16-11(13)14)7-15-6-5-10(12)8(2)3/h8-9H,4-7H2,1-3H3/t9-/m0/s1. The van der Waals surface area contributed by atoms with Gasteiger partial charge in [0.25, 0.3) is 5.09 Å². The Morgan fingerprint density at radius 2 is 2.06 bits per heavy atom. The molecule has 16 heavy (non-hydrogen) atoms. The molecule has 6 heteroatoms. The first kappa shape index (κ1) is 14.8. The summed E-state index contributed by atoms with van der Waals surface area (Å²) in [5.74, 6) is 0.129. The minimum Gasteiger partial charge on any atom is -0.379 e. The lowest BCUT2D eigenvalue weighted by Gasteiger charge is -2.12. The summed E-state index contributed by atoms with van der Waals surface area (Å²) in [6, 6.07) is 0. The molecule has 0 bridgehead atoms. The van der Waals surface area contributed by atoms with E-state index in [1.165, 1.54) is 0 Å². The first-order valence-electron chi connectivity index (χ1n) is 5.39. The van der Waals surface area contributed by atoms with Crippen molar-refractivity contribution in [1.29, 1.82) is 0 Å². The molecule has 0 heterocycles. The van der Waals surface area contributed by atoms with E-state index in [2.05, 4.69) is 4.84 Å². The number of carbonyl (C=O) groups is 1. The maximum atomic E-state index is 11.2. The summed E-state index contributed by atoms with van der Waals surface area (Å²) in [5, 5.41) is 9.25. The molecule has 0 amide bonds. The lowest BCUT2D eigenvalue weighted by molar-refractivity contribution is -0.769. The minimum absolute atomic E-state index is 0.000553. The summed E-state index contributed by atoms with van der Waals surface area (Å²) in [6.07, 6.45) is 0.287. The van der Waals surface area contributed by atoms with Crippen LogP contribution in [0, 0.1) is 16.0 Å². The fraction of sp³-hybridized carbons (Fsp3) is 0.900. The van der Waals surface area contributed by atoms with Crippen molar-refractivity contribution in [3.8, 4) is 0 Å². The van der Waals surface area contributed by atoms with Crippen LogP contribution in [0.5, 0.6) is 0 Å². The average Bonchev–Trinajstić information content (AvgIpc) is 2.21. The molecular weight excluding hydrogens is 214 g/mol. The van der Waals surface area contributed by atoms with Gasteiger partial charge < -0.3 is 9.57 Å². The molecule has 0 aromatic carbocycles. The van der Waals surface area contributed by atoms with E-state index in [1.807, 2.05) is 13.8 Å². The van der Waals surface area contributed by atoms with Gasteiger partial charge in [-0.25, -0.2) is 0 Å². The first-order valence-corrected chi connectivity index (χ1v) is 5.39. The average molecular weight is 233 g/mol. The summed E-state index contributed by atoms with van der Waals surface area (Å²) < 4.78 is 5.16. The Hall–Kier alpha value is -1.17. The quantitative estimate of drug-likeness (QED) is 0.343. The van der Waals surface area contributed by atoms with Crippen LogP contribution in [0.2, 0.25) is 0 Å². The third-order valence-electron chi connectivity index (χ3n) is 2.13. The highest BCUT2D eigenvalue weighted by Crippen LogP contribution is 2.02. The number of hydrogen-bond donors (Lipinski definition) is 0. The molecule has 0 N–H and O–H groups in total. The lowest BCUT2D eigenvalue weighted by Crippen LogP contribution is -2.23. The molecule has 0 aliphatic rings. The number of carbonyl (C=O) groups excluding carboxylic acids is 1. The third kappa shape index (κ3) is 7.17. The van der Waals surface area contributed by atoms with Crippen LogP contribution in [0.1, 0.15) is 33.6 Å². The highest BCUT2D eigenvalue weighted by Gasteiger charge is 2.12. The van der Waals surface area contributed by atoms with E-state index in [-0.39, 0.29) is 24.9 Å². The summed E-state index contributed by atoms with van der Waals surface area (Å²) >= 11 is 0. The summed E-state index contributed by atoms with van der Waals surface area (Å²) in [5.41, 5.74) is 0. The number of nitrogens with zero attached hydrogens (tertiary/aromatic N) is 1. The molecule has 0 aromatic rings. The molecule has 0 radical (unpaired) electrons. The molecule has 94 valence electrons. The van der Waals surface area contributed by atoms with Gasteiger partial charge in [0.2, 0.25) is 0 Å². The van der Waals surface area contributed by atoms with Crippen LogP contribution in [-0.2, 0) is 14.4 Å². The van der Waals surface area contributed by atoms with Gasteiger partial charge >= 0.3 is 0 Å². The topological polar surface area (TPSA) is 78.7 Å². The Bertz CT molecular complexity index is 229. The van der Waals surface area contributed by atoms with Crippen LogP contribution >= 0.6 is 0 Å². The van der Waals surface area contributed by atoms with Crippen LogP contribution in [0.25, 0.3) is 0 Å². The third-order valence-corrected chi connectivity index (χ3v) is 2.13. The SMILES string of the molecule is CC[C@@H](COCCC(=O)C(C)C)O[N+](=O)[O-]. The second-order valence-electron chi connectivity index (χ2n) is 3.81. The van der Waals surface area contributed by atoms with E-state index < -0.39 is 11.2 Å². The monoisotopic (exact) mass is 233 g/mol. The van der Waals surface area contributed by atoms with Crippen molar-refractivity contribution in [1.82, 2.24) is 0 Å². The Morgan fingerprint density at radius 3 is 2.50 bits per heavy atom. The zero-order valence-corrected chi connectivity index (χ0v) is 9.97. The number of Topliss-reactive ketones (excluding diaryl/α,β-unsaturated/α-hetero) is 1. The van der Waals surface area contributed by atoms with E-state index in [9.17, 15) is 14.9 Å². The molecule has 0 saturated carbocycles. The molecule has 0 rings (SSSR count). The second kappa shape index (κ2) is 8.04. The van der Waals surface area contributed by atoms with E-state index in [4.69, 9.17) is 4.74 Å². The molecule has 0 spiro atoms. The molecule has 0 unspecified atom stereocenters. The Balaban J connectivity index is 3.63. The van der Waals surface area contributed by atoms with Crippen molar-refractivity contribution in [3.63, 3.8) is 0 Å². The molecular formula is C10H19NO5. The van der Waals surface area contributed by atoms with Gasteiger partial charge in [0, 0.05) is 12.3 Å². The maximum absolute atomic E-state index is 11.2. The second-order valence-corrected chi connectivity index (χ2v) is 3.81. The van der Waals surface area contributed by atoms with Crippen LogP contribution in [-0.4, -0.2) is 30.2 Å². The van der Waals surface area contributed by atoms with Gasteiger partial charge in [-0.1, -0.05) is 20.8 Å². The van der Waals surface area contributed by atoms with Gasteiger partial charge in [-0.15, -0.1) is 10.1 Å². The van der Waals surface area contributed by atoms with Crippen molar-refractivity contribution >= 4 is 5.78 Å². The zero-order chi connectivity index (χ0) is 12.6. The van der Waals surface area contributed by atoms with Gasteiger partial charge in [0.15, 0.2) is 0 Å². The highest BCUT2D eigenvalue weighted by atomic mass is 17.0. The Kier molecular flexibility index (Phi) is 7.45. The van der Waals surface area contributed by atoms with Gasteiger partial charge in [-0.2, -0.15) is 0 Å². The predicted octanol–water partition coefficient (Wildman–Crippen LogP) is 1.61. The smallest absolute Gasteiger partial charge is 0.294 e. The minimum atomic E-state index is -0.823. The normalized spacial score (nSPS) is 12.5. The van der Waals surface area contributed by atoms with E-state index in [0.29, 0.717) is 12.8 Å². The Labute approximate surface area is 95.0 Å². The molecule has 1 atom stereocenters. The maximum Gasteiger partial charge on any atom is 0.294 e. The fourth-order valence-corrected chi connectivity index (χ4v) is 1.02. The van der Waals surface area contributed by atoms with Crippen LogP contribution in [0.15, 0.2) is 0 Å². The van der Waals surface area contributed by atoms with Crippen LogP contribution in [0.3, 0.4) is 0 Å². The number of hydrogen-bond acceptors (Lipinski definition) is 5. The van der Waals surface area contributed by atoms with Gasteiger partial charge in [-0.3, -0.25) is 4.79 Å². The van der Waals surface area contributed by atoms with Gasteiger partial charge in [-0.05, 0) is 6.42 Å². The Morgan fingerprint density at radius 1 is 1.44 bits per heavy atom. The van der Waals surface area contributed by atoms with E-state index in [1.54, 1.807) is 6.92 Å². The van der Waals surface area contributed by atoms with Crippen molar-refractivity contribution in [2.45, 2.75) is 39.7 Å². The van der Waals surface area contributed by atoms with Gasteiger partial charge in [0.05, 0.1) is 13.2 Å². The highest BCUT2D eigenvalue weighted by molar-refractivity contribution is 5.80. The van der Waals surface area contributed by atoms with Crippen molar-refractivity contribution in [2.75, 3.05) is 13.2 Å². The van der Waals surface area contributed by atoms with Crippen molar-refractivity contribution in [2.24, 2.45) is 5.92 Å². The number of ether oxygens (including phenoxy) is 1. The summed E-state index contributed by atoms with van der Waals surface area (Å²) in [6.45, 7) is 5.86. The first-order chi connectivity index (χ1) is 7.47. The van der Waals surface area contributed by atoms with E-state index in [0.717, 1.165) is 0 Å². The number of ketones is 1. The molecule has 0 fully saturated rings. The zero-order valence-electron chi connectivity index (χ0n) is 9.97. The van der Waals surface area contributed by atoms with E-state index >= 15 is 0 Å². The molecule has 0 aliphatic heterocycles. The summed E-state index contributed by atoms with van der Waals surface area (Å²) in [4.78, 5) is 25.7. The summed E-state index contributed by atoms with van der Waals surface area (Å²) in [7, 11) is 0. The molecule has 0 aromatic heterocycles. The molecule has 6 nitrogen and oxygen atoms in total. The number of rotatable bonds is 9. The lowest BCUT2D eigenvalue weighted by atomic mass is 10.1. The van der Waals surface area contributed by atoms with Crippen molar-refractivity contribution < 1.29 is 19.5 Å².